The first-order valence-corrected chi connectivity index (χ1v) is 9.49. The van der Waals surface area contributed by atoms with E-state index in [1.165, 1.54) is 0 Å². The van der Waals surface area contributed by atoms with Gasteiger partial charge in [-0.3, -0.25) is 9.59 Å². The van der Waals surface area contributed by atoms with Crippen molar-refractivity contribution in [2.75, 3.05) is 0 Å². The number of nitrogens with one attached hydrogen (secondary N) is 2. The summed E-state index contributed by atoms with van der Waals surface area (Å²) in [5.74, 6) is -0.462. The maximum absolute atomic E-state index is 12.8. The molecule has 0 bridgehead atoms. The van der Waals surface area contributed by atoms with Crippen LogP contribution in [-0.4, -0.2) is 32.8 Å². The zero-order chi connectivity index (χ0) is 20.0. The minimum atomic E-state index is -0.968. The highest BCUT2D eigenvalue weighted by molar-refractivity contribution is 7.20. The number of fused-ring (bicyclic) bond motifs is 2. The summed E-state index contributed by atoms with van der Waals surface area (Å²) < 4.78 is 5.42. The molecule has 0 saturated carbocycles. The van der Waals surface area contributed by atoms with Gasteiger partial charge >= 0.3 is 5.97 Å². The summed E-state index contributed by atoms with van der Waals surface area (Å²) >= 11 is 1.09. The summed E-state index contributed by atoms with van der Waals surface area (Å²) in [5, 5.41) is 1.15. The number of H-pyrrole nitrogens is 2. The van der Waals surface area contributed by atoms with Crippen molar-refractivity contribution in [2.45, 2.75) is 26.9 Å². The van der Waals surface area contributed by atoms with Gasteiger partial charge in [0, 0.05) is 22.7 Å². The number of esters is 1. The van der Waals surface area contributed by atoms with E-state index in [0.717, 1.165) is 22.2 Å². The van der Waals surface area contributed by atoms with Crippen LogP contribution in [-0.2, 0) is 4.74 Å². The maximum atomic E-state index is 12.8. The number of ketones is 1. The lowest BCUT2D eigenvalue weighted by molar-refractivity contribution is 0.0323. The van der Waals surface area contributed by atoms with Gasteiger partial charge in [0.25, 0.3) is 5.56 Å². The fourth-order valence-corrected chi connectivity index (χ4v) is 4.32. The molecule has 142 valence electrons. The second-order valence-electron chi connectivity index (χ2n) is 6.55. The number of thiophene rings is 1. The van der Waals surface area contributed by atoms with Crippen LogP contribution in [0.1, 0.15) is 38.3 Å². The van der Waals surface area contributed by atoms with Crippen LogP contribution in [0.15, 0.2) is 35.3 Å². The third kappa shape index (κ3) is 2.91. The molecule has 7 nitrogen and oxygen atoms in total. The normalized spacial score (nSPS) is 12.4. The molecule has 4 aromatic rings. The zero-order valence-corrected chi connectivity index (χ0v) is 16.3. The summed E-state index contributed by atoms with van der Waals surface area (Å²) in [5.41, 5.74) is 1.52. The smallest absolute Gasteiger partial charge is 0.349 e. The molecule has 1 unspecified atom stereocenters. The van der Waals surface area contributed by atoms with Crippen LogP contribution in [0.5, 0.6) is 0 Å². The van der Waals surface area contributed by atoms with Crippen LogP contribution >= 0.6 is 11.3 Å². The van der Waals surface area contributed by atoms with Crippen molar-refractivity contribution in [1.82, 2.24) is 15.0 Å². The summed E-state index contributed by atoms with van der Waals surface area (Å²) in [6.07, 6.45) is 0.651. The van der Waals surface area contributed by atoms with Crippen LogP contribution in [0.2, 0.25) is 0 Å². The van der Waals surface area contributed by atoms with E-state index in [2.05, 4.69) is 15.0 Å². The molecule has 3 heterocycles. The minimum Gasteiger partial charge on any atom is -0.450 e. The molecule has 0 amide bonds. The first-order chi connectivity index (χ1) is 13.4. The average Bonchev–Trinajstić information content (AvgIpc) is 3.22. The van der Waals surface area contributed by atoms with Crippen LogP contribution in [0.3, 0.4) is 0 Å². The Morgan fingerprint density at radius 1 is 1.21 bits per heavy atom. The molecular formula is C20H17N3O4S. The van der Waals surface area contributed by atoms with E-state index in [9.17, 15) is 14.4 Å². The van der Waals surface area contributed by atoms with Crippen LogP contribution in [0, 0.1) is 13.8 Å². The molecule has 1 aromatic carbocycles. The molecule has 0 fully saturated rings. The van der Waals surface area contributed by atoms with E-state index in [-0.39, 0.29) is 16.2 Å². The summed E-state index contributed by atoms with van der Waals surface area (Å²) in [7, 11) is 0. The largest absolute Gasteiger partial charge is 0.450 e. The van der Waals surface area contributed by atoms with Crippen LogP contribution in [0.4, 0.5) is 0 Å². The van der Waals surface area contributed by atoms with Gasteiger partial charge in [0.15, 0.2) is 6.10 Å². The third-order valence-corrected chi connectivity index (χ3v) is 5.78. The van der Waals surface area contributed by atoms with Crippen molar-refractivity contribution in [3.63, 3.8) is 0 Å². The van der Waals surface area contributed by atoms with Gasteiger partial charge < -0.3 is 14.7 Å². The molecule has 0 radical (unpaired) electrons. The first kappa shape index (κ1) is 18.1. The second-order valence-corrected chi connectivity index (χ2v) is 7.55. The highest BCUT2D eigenvalue weighted by Crippen LogP contribution is 2.28. The van der Waals surface area contributed by atoms with Gasteiger partial charge in [0.1, 0.15) is 15.5 Å². The Balaban J connectivity index is 1.62. The summed E-state index contributed by atoms with van der Waals surface area (Å²) in [6, 6.07) is 7.43. The van der Waals surface area contributed by atoms with E-state index in [4.69, 9.17) is 4.74 Å². The Morgan fingerprint density at radius 3 is 2.75 bits per heavy atom. The lowest BCUT2D eigenvalue weighted by Crippen LogP contribution is -2.24. The SMILES string of the molecule is Cc1nc2sc(C(=O)OC(C)C(=O)c3c[nH]c4ccccc34)c(C)c2c(=O)[nH]1. The number of hydrogen-bond acceptors (Lipinski definition) is 6. The van der Waals surface area contributed by atoms with E-state index < -0.39 is 12.1 Å². The number of Topliss-reactive ketones (excluding diaryl/α,β-unsaturated/α-hetero) is 1. The molecule has 0 aliphatic carbocycles. The number of ether oxygens (including phenoxy) is 1. The fourth-order valence-electron chi connectivity index (χ4n) is 3.21. The molecular weight excluding hydrogens is 378 g/mol. The lowest BCUT2D eigenvalue weighted by atomic mass is 10.1. The topological polar surface area (TPSA) is 105 Å². The lowest BCUT2D eigenvalue weighted by Gasteiger charge is -2.11. The van der Waals surface area contributed by atoms with Crippen molar-refractivity contribution in [2.24, 2.45) is 0 Å². The second kappa shape index (κ2) is 6.72. The summed E-state index contributed by atoms with van der Waals surface area (Å²) in [4.78, 5) is 48.3. The van der Waals surface area contributed by atoms with E-state index in [1.807, 2.05) is 24.3 Å². The number of hydrogen-bond donors (Lipinski definition) is 2. The van der Waals surface area contributed by atoms with Gasteiger partial charge in [-0.15, -0.1) is 11.3 Å². The van der Waals surface area contributed by atoms with Crippen molar-refractivity contribution in [1.29, 1.82) is 0 Å². The molecule has 28 heavy (non-hydrogen) atoms. The Hall–Kier alpha value is -3.26. The molecule has 8 heteroatoms. The zero-order valence-electron chi connectivity index (χ0n) is 15.5. The van der Waals surface area contributed by atoms with Gasteiger partial charge in [-0.05, 0) is 32.4 Å². The van der Waals surface area contributed by atoms with Crippen molar-refractivity contribution in [3.05, 3.63) is 62.6 Å². The summed E-state index contributed by atoms with van der Waals surface area (Å²) in [6.45, 7) is 4.89. The molecule has 2 N–H and O–H groups in total. The number of nitrogens with zero attached hydrogens (tertiary/aromatic N) is 1. The minimum absolute atomic E-state index is 0.275. The Morgan fingerprint density at radius 2 is 1.96 bits per heavy atom. The molecule has 0 saturated heterocycles. The number of aromatic amines is 2. The van der Waals surface area contributed by atoms with Crippen molar-refractivity contribution >= 4 is 44.2 Å². The number of carbonyl (C=O) groups excluding carboxylic acids is 2. The van der Waals surface area contributed by atoms with Gasteiger partial charge in [0.2, 0.25) is 5.78 Å². The monoisotopic (exact) mass is 395 g/mol. The quantitative estimate of drug-likeness (QED) is 0.406. The number of aryl methyl sites for hydroxylation is 2. The Kier molecular flexibility index (Phi) is 4.35. The number of para-hydroxylation sites is 1. The van der Waals surface area contributed by atoms with E-state index in [0.29, 0.717) is 27.2 Å². The highest BCUT2D eigenvalue weighted by atomic mass is 32.1. The molecule has 1 atom stereocenters. The van der Waals surface area contributed by atoms with Gasteiger partial charge in [-0.2, -0.15) is 0 Å². The van der Waals surface area contributed by atoms with Crippen LogP contribution in [0.25, 0.3) is 21.1 Å². The number of benzene rings is 1. The molecule has 3 aromatic heterocycles. The molecule has 0 spiro atoms. The molecule has 0 aliphatic rings. The van der Waals surface area contributed by atoms with Gasteiger partial charge in [0.05, 0.1) is 5.39 Å². The van der Waals surface area contributed by atoms with Gasteiger partial charge in [-0.1, -0.05) is 18.2 Å². The first-order valence-electron chi connectivity index (χ1n) is 8.68. The number of rotatable bonds is 4. The standard InChI is InChI=1S/C20H17N3O4S/c1-9-15-18(25)22-11(3)23-19(15)28-17(9)20(26)27-10(2)16(24)13-8-21-14-7-5-4-6-12(13)14/h4-8,10,21H,1-3H3,(H,22,23,25). The number of carbonyl (C=O) groups is 2. The Labute approximate surface area is 163 Å². The van der Waals surface area contributed by atoms with E-state index >= 15 is 0 Å². The predicted octanol–water partition coefficient (Wildman–Crippen LogP) is 3.51. The predicted molar refractivity (Wildman–Crippen MR) is 107 cm³/mol. The molecule has 4 rings (SSSR count). The number of aromatic nitrogens is 3. The van der Waals surface area contributed by atoms with E-state index in [1.54, 1.807) is 27.0 Å². The third-order valence-electron chi connectivity index (χ3n) is 4.61. The Bertz CT molecular complexity index is 1300. The van der Waals surface area contributed by atoms with Crippen molar-refractivity contribution < 1.29 is 14.3 Å². The van der Waals surface area contributed by atoms with Crippen molar-refractivity contribution in [3.8, 4) is 0 Å². The average molecular weight is 395 g/mol. The molecule has 0 aliphatic heterocycles. The highest BCUT2D eigenvalue weighted by Gasteiger charge is 2.26. The van der Waals surface area contributed by atoms with Crippen LogP contribution < -0.4 is 5.56 Å². The fraction of sp³-hybridized carbons (Fsp3) is 0.200. The maximum Gasteiger partial charge on any atom is 0.349 e. The van der Waals surface area contributed by atoms with Gasteiger partial charge in [-0.25, -0.2) is 9.78 Å².